The first-order valence-corrected chi connectivity index (χ1v) is 5.31. The van der Waals surface area contributed by atoms with E-state index in [0.717, 1.165) is 5.56 Å². The van der Waals surface area contributed by atoms with E-state index in [1.807, 2.05) is 13.0 Å². The fourth-order valence-corrected chi connectivity index (χ4v) is 1.32. The fourth-order valence-electron chi connectivity index (χ4n) is 1.14. The van der Waals surface area contributed by atoms with Crippen molar-refractivity contribution in [3.63, 3.8) is 0 Å². The third-order valence-electron chi connectivity index (χ3n) is 1.94. The summed E-state index contributed by atoms with van der Waals surface area (Å²) in [5, 5.41) is 0.644. The van der Waals surface area contributed by atoms with Gasteiger partial charge in [-0.15, -0.1) is 0 Å². The van der Waals surface area contributed by atoms with Crippen molar-refractivity contribution in [2.45, 2.75) is 13.5 Å². The molecule has 0 saturated carbocycles. The summed E-state index contributed by atoms with van der Waals surface area (Å²) in [6, 6.07) is 5.40. The summed E-state index contributed by atoms with van der Waals surface area (Å²) in [5.74, 6) is 0. The zero-order valence-corrected chi connectivity index (χ0v) is 9.59. The van der Waals surface area contributed by atoms with E-state index in [4.69, 9.17) is 26.8 Å². The molecule has 0 amide bonds. The quantitative estimate of drug-likeness (QED) is 0.602. The van der Waals surface area contributed by atoms with Crippen molar-refractivity contribution >= 4 is 17.3 Å². The second kappa shape index (κ2) is 6.67. The van der Waals surface area contributed by atoms with Crippen molar-refractivity contribution < 1.29 is 9.47 Å². The van der Waals surface area contributed by atoms with Gasteiger partial charge in [-0.25, -0.2) is 0 Å². The first-order valence-electron chi connectivity index (χ1n) is 4.93. The van der Waals surface area contributed by atoms with E-state index >= 15 is 0 Å². The fraction of sp³-hybridized carbons (Fsp3) is 0.455. The van der Waals surface area contributed by atoms with E-state index in [1.165, 1.54) is 0 Å². The summed E-state index contributed by atoms with van der Waals surface area (Å²) in [4.78, 5) is 0. The molecule has 2 N–H and O–H groups in total. The Bertz CT molecular complexity index is 305. The molecule has 0 radical (unpaired) electrons. The van der Waals surface area contributed by atoms with Gasteiger partial charge in [-0.3, -0.25) is 0 Å². The molecule has 3 nitrogen and oxygen atoms in total. The van der Waals surface area contributed by atoms with Gasteiger partial charge >= 0.3 is 0 Å². The largest absolute Gasteiger partial charge is 0.398 e. The lowest BCUT2D eigenvalue weighted by molar-refractivity contribution is 0.0455. The summed E-state index contributed by atoms with van der Waals surface area (Å²) in [6.07, 6.45) is 0. The van der Waals surface area contributed by atoms with Gasteiger partial charge in [-0.2, -0.15) is 0 Å². The average Bonchev–Trinajstić information content (AvgIpc) is 2.20. The Morgan fingerprint density at radius 3 is 2.67 bits per heavy atom. The molecule has 1 aromatic carbocycles. The Morgan fingerprint density at radius 2 is 2.00 bits per heavy atom. The predicted molar refractivity (Wildman–Crippen MR) is 62.0 cm³/mol. The van der Waals surface area contributed by atoms with Gasteiger partial charge in [0.1, 0.15) is 0 Å². The number of nitrogen functional groups attached to an aromatic ring is 1. The molecule has 0 fully saturated rings. The second-order valence-electron chi connectivity index (χ2n) is 3.09. The number of rotatable bonds is 6. The van der Waals surface area contributed by atoms with Crippen LogP contribution < -0.4 is 5.73 Å². The molecule has 0 heterocycles. The Hall–Kier alpha value is -0.770. The molecule has 15 heavy (non-hydrogen) atoms. The number of hydrogen-bond donors (Lipinski definition) is 1. The molecule has 0 bridgehead atoms. The highest BCUT2D eigenvalue weighted by molar-refractivity contribution is 6.30. The van der Waals surface area contributed by atoms with Gasteiger partial charge in [0.25, 0.3) is 0 Å². The third-order valence-corrected chi connectivity index (χ3v) is 2.18. The lowest BCUT2D eigenvalue weighted by Gasteiger charge is -2.07. The minimum atomic E-state index is 0.496. The zero-order valence-electron chi connectivity index (χ0n) is 8.83. The first kappa shape index (κ1) is 12.3. The summed E-state index contributed by atoms with van der Waals surface area (Å²) in [5.41, 5.74) is 7.39. The van der Waals surface area contributed by atoms with E-state index in [2.05, 4.69) is 0 Å². The number of benzene rings is 1. The summed E-state index contributed by atoms with van der Waals surface area (Å²) >= 11 is 5.78. The first-order chi connectivity index (χ1) is 7.24. The van der Waals surface area contributed by atoms with E-state index in [0.29, 0.717) is 37.1 Å². The molecule has 0 spiro atoms. The number of halogens is 1. The third kappa shape index (κ3) is 4.51. The maximum Gasteiger partial charge on any atom is 0.0738 e. The Kier molecular flexibility index (Phi) is 5.47. The highest BCUT2D eigenvalue weighted by Crippen LogP contribution is 2.18. The highest BCUT2D eigenvalue weighted by atomic mass is 35.5. The maximum absolute atomic E-state index is 5.78. The normalized spacial score (nSPS) is 10.5. The number of ether oxygens (including phenoxy) is 2. The predicted octanol–water partition coefficient (Wildman–Crippen LogP) is 2.48. The number of hydrogen-bond acceptors (Lipinski definition) is 3. The van der Waals surface area contributed by atoms with Crippen LogP contribution in [-0.4, -0.2) is 19.8 Å². The topological polar surface area (TPSA) is 44.5 Å². The van der Waals surface area contributed by atoms with Gasteiger partial charge in [-0.1, -0.05) is 17.7 Å². The van der Waals surface area contributed by atoms with Crippen molar-refractivity contribution in [2.75, 3.05) is 25.6 Å². The van der Waals surface area contributed by atoms with Gasteiger partial charge < -0.3 is 15.2 Å². The SMILES string of the molecule is CCOCCOCc1ccc(Cl)cc1N. The van der Waals surface area contributed by atoms with Gasteiger partial charge in [0.15, 0.2) is 0 Å². The van der Waals surface area contributed by atoms with Crippen LogP contribution in [-0.2, 0) is 16.1 Å². The zero-order chi connectivity index (χ0) is 11.1. The van der Waals surface area contributed by atoms with Crippen LogP contribution in [0.1, 0.15) is 12.5 Å². The van der Waals surface area contributed by atoms with Crippen LogP contribution in [0.15, 0.2) is 18.2 Å². The maximum atomic E-state index is 5.78. The molecular weight excluding hydrogens is 214 g/mol. The molecule has 0 aliphatic carbocycles. The minimum Gasteiger partial charge on any atom is -0.398 e. The minimum absolute atomic E-state index is 0.496. The summed E-state index contributed by atoms with van der Waals surface area (Å²) in [6.45, 7) is 4.36. The standard InChI is InChI=1S/C11H16ClNO2/c1-2-14-5-6-15-8-9-3-4-10(12)7-11(9)13/h3-4,7H,2,5-6,8,13H2,1H3. The molecule has 0 unspecified atom stereocenters. The molecule has 0 saturated heterocycles. The molecule has 0 aromatic heterocycles. The van der Waals surface area contributed by atoms with Crippen molar-refractivity contribution in [1.82, 2.24) is 0 Å². The van der Waals surface area contributed by atoms with Crippen molar-refractivity contribution in [3.8, 4) is 0 Å². The smallest absolute Gasteiger partial charge is 0.0738 e. The van der Waals surface area contributed by atoms with Crippen LogP contribution in [0.3, 0.4) is 0 Å². The van der Waals surface area contributed by atoms with Crippen LogP contribution in [0.2, 0.25) is 5.02 Å². The average molecular weight is 230 g/mol. The number of anilines is 1. The molecule has 1 aromatic rings. The van der Waals surface area contributed by atoms with Crippen LogP contribution in [0, 0.1) is 0 Å². The van der Waals surface area contributed by atoms with E-state index in [9.17, 15) is 0 Å². The van der Waals surface area contributed by atoms with Crippen LogP contribution in [0.5, 0.6) is 0 Å². The molecule has 0 atom stereocenters. The monoisotopic (exact) mass is 229 g/mol. The van der Waals surface area contributed by atoms with Crippen molar-refractivity contribution in [2.24, 2.45) is 0 Å². The van der Waals surface area contributed by atoms with Gasteiger partial charge in [-0.05, 0) is 19.1 Å². The van der Waals surface area contributed by atoms with Crippen molar-refractivity contribution in [1.29, 1.82) is 0 Å². The Labute approximate surface area is 95.1 Å². The van der Waals surface area contributed by atoms with Gasteiger partial charge in [0, 0.05) is 22.9 Å². The van der Waals surface area contributed by atoms with E-state index in [1.54, 1.807) is 12.1 Å². The Balaban J connectivity index is 2.31. The molecule has 4 heteroatoms. The lowest BCUT2D eigenvalue weighted by Crippen LogP contribution is -2.05. The summed E-state index contributed by atoms with van der Waals surface area (Å²) < 4.78 is 10.5. The molecule has 0 aliphatic heterocycles. The lowest BCUT2D eigenvalue weighted by atomic mass is 10.2. The van der Waals surface area contributed by atoms with Crippen LogP contribution in [0.25, 0.3) is 0 Å². The van der Waals surface area contributed by atoms with Gasteiger partial charge in [0.05, 0.1) is 19.8 Å². The second-order valence-corrected chi connectivity index (χ2v) is 3.53. The molecule has 0 aliphatic rings. The van der Waals surface area contributed by atoms with Crippen molar-refractivity contribution in [3.05, 3.63) is 28.8 Å². The van der Waals surface area contributed by atoms with E-state index in [-0.39, 0.29) is 0 Å². The van der Waals surface area contributed by atoms with E-state index < -0.39 is 0 Å². The van der Waals surface area contributed by atoms with Gasteiger partial charge in [0.2, 0.25) is 0 Å². The Morgan fingerprint density at radius 1 is 1.27 bits per heavy atom. The molecule has 1 rings (SSSR count). The summed E-state index contributed by atoms with van der Waals surface area (Å²) in [7, 11) is 0. The number of nitrogens with two attached hydrogens (primary N) is 1. The highest BCUT2D eigenvalue weighted by Gasteiger charge is 1.99. The van der Waals surface area contributed by atoms with Crippen LogP contribution in [0.4, 0.5) is 5.69 Å². The molecule has 84 valence electrons. The molecular formula is C11H16ClNO2. The van der Waals surface area contributed by atoms with Crippen LogP contribution >= 0.6 is 11.6 Å².